The normalized spacial score (nSPS) is 18.0. The summed E-state index contributed by atoms with van der Waals surface area (Å²) >= 11 is 0. The van der Waals surface area contributed by atoms with E-state index in [1.54, 1.807) is 24.3 Å². The molecule has 5 rings (SSSR count). The van der Waals surface area contributed by atoms with Gasteiger partial charge in [-0.25, -0.2) is 14.2 Å². The molecule has 3 aromatic heterocycles. The van der Waals surface area contributed by atoms with Crippen LogP contribution in [0.5, 0.6) is 5.88 Å². The molecule has 1 aliphatic heterocycles. The minimum absolute atomic E-state index is 0. The molecule has 1 fully saturated rings. The van der Waals surface area contributed by atoms with Gasteiger partial charge in [0.1, 0.15) is 11.4 Å². The van der Waals surface area contributed by atoms with Crippen LogP contribution in [0.1, 0.15) is 11.1 Å². The van der Waals surface area contributed by atoms with Crippen LogP contribution in [-0.2, 0) is 13.0 Å². The molecule has 1 saturated heterocycles. The molecule has 0 spiro atoms. The zero-order valence-corrected chi connectivity index (χ0v) is 20.6. The molecule has 0 unspecified atom stereocenters. The number of likely N-dealkylation sites (tertiary alicyclic amines) is 1. The summed E-state index contributed by atoms with van der Waals surface area (Å²) in [5.74, 6) is 0.112. The molecule has 0 aliphatic carbocycles. The predicted molar refractivity (Wildman–Crippen MR) is 137 cm³/mol. The van der Waals surface area contributed by atoms with Gasteiger partial charge in [-0.2, -0.15) is 0 Å². The van der Waals surface area contributed by atoms with Crippen LogP contribution in [0.4, 0.5) is 4.39 Å². The largest absolute Gasteiger partial charge is 0.481 e. The third kappa shape index (κ3) is 5.65. The van der Waals surface area contributed by atoms with Crippen molar-refractivity contribution in [1.82, 2.24) is 20.2 Å². The Morgan fingerprint density at radius 2 is 2.08 bits per heavy atom. The van der Waals surface area contributed by atoms with Crippen LogP contribution in [0, 0.1) is 11.7 Å². The average Bonchev–Trinajstić information content (AvgIpc) is 3.22. The van der Waals surface area contributed by atoms with Gasteiger partial charge in [0.2, 0.25) is 5.88 Å². The maximum Gasteiger partial charge on any atom is 0.336 e. The number of nitrogens with one attached hydrogen (secondary N) is 1. The van der Waals surface area contributed by atoms with Crippen molar-refractivity contribution in [2.24, 2.45) is 5.92 Å². The average molecular weight is 515 g/mol. The number of ether oxygens (including phenoxy) is 1. The van der Waals surface area contributed by atoms with E-state index in [2.05, 4.69) is 20.2 Å². The highest BCUT2D eigenvalue weighted by Crippen LogP contribution is 2.23. The van der Waals surface area contributed by atoms with Crippen molar-refractivity contribution < 1.29 is 18.7 Å². The van der Waals surface area contributed by atoms with Crippen molar-refractivity contribution in [2.75, 3.05) is 33.3 Å². The van der Waals surface area contributed by atoms with Crippen LogP contribution in [0.25, 0.3) is 22.0 Å². The third-order valence-electron chi connectivity index (χ3n) is 6.53. The van der Waals surface area contributed by atoms with E-state index >= 15 is 0 Å². The summed E-state index contributed by atoms with van der Waals surface area (Å²) in [4.78, 5) is 22.0. The number of aromatic nitrogens is 2. The number of methoxy groups -OCH3 is 1. The standard InChI is InChI=1S/C26H27FN4O4.ClH/c1-34-24-6-4-21-26(30-24)19(20(27)13-29-21)8-9-31-14-18(22(32)15-31)12-28-11-16-2-5-23-17(10-16)3-7-25(33)35-23;/h2-7,10,13,18,22,28,32H,8-9,11-12,14-15H2,1H3;1H/t18-,22+;/m0./s1. The molecule has 1 aliphatic rings. The second kappa shape index (κ2) is 11.3. The van der Waals surface area contributed by atoms with Gasteiger partial charge in [0.05, 0.1) is 30.4 Å². The van der Waals surface area contributed by atoms with Gasteiger partial charge in [-0.15, -0.1) is 12.4 Å². The number of rotatable bonds is 8. The van der Waals surface area contributed by atoms with Crippen molar-refractivity contribution in [2.45, 2.75) is 19.1 Å². The molecule has 10 heteroatoms. The molecule has 2 N–H and O–H groups in total. The first-order valence-electron chi connectivity index (χ1n) is 11.6. The first-order valence-corrected chi connectivity index (χ1v) is 11.6. The Morgan fingerprint density at radius 3 is 2.92 bits per heavy atom. The van der Waals surface area contributed by atoms with E-state index < -0.39 is 6.10 Å². The van der Waals surface area contributed by atoms with Crippen molar-refractivity contribution in [3.05, 3.63) is 76.0 Å². The number of fused-ring (bicyclic) bond motifs is 2. The first-order chi connectivity index (χ1) is 17.0. The molecular formula is C26H28ClFN4O4. The summed E-state index contributed by atoms with van der Waals surface area (Å²) < 4.78 is 24.9. The fraction of sp³-hybridized carbons (Fsp3) is 0.346. The quantitative estimate of drug-likeness (QED) is 0.346. The summed E-state index contributed by atoms with van der Waals surface area (Å²) in [6.07, 6.45) is 1.24. The van der Waals surface area contributed by atoms with E-state index in [4.69, 9.17) is 9.15 Å². The lowest BCUT2D eigenvalue weighted by molar-refractivity contribution is 0.140. The Morgan fingerprint density at radius 1 is 1.22 bits per heavy atom. The molecule has 36 heavy (non-hydrogen) atoms. The Balaban J connectivity index is 0.00000304. The second-order valence-electron chi connectivity index (χ2n) is 8.90. The number of nitrogens with zero attached hydrogens (tertiary/aromatic N) is 3. The zero-order chi connectivity index (χ0) is 24.4. The lowest BCUT2D eigenvalue weighted by atomic mass is 10.1. The monoisotopic (exact) mass is 514 g/mol. The van der Waals surface area contributed by atoms with Crippen molar-refractivity contribution >= 4 is 34.4 Å². The lowest BCUT2D eigenvalue weighted by Crippen LogP contribution is -2.30. The van der Waals surface area contributed by atoms with Crippen LogP contribution in [0.2, 0.25) is 0 Å². The van der Waals surface area contributed by atoms with Gasteiger partial charge in [0.15, 0.2) is 0 Å². The number of pyridine rings is 2. The molecule has 0 bridgehead atoms. The summed E-state index contributed by atoms with van der Waals surface area (Å²) in [5.41, 5.74) is 2.92. The molecule has 1 aromatic carbocycles. The number of β-amino-alcohol motifs (C(OH)–C–C–N with tert-alkyl or cyclic N) is 1. The lowest BCUT2D eigenvalue weighted by Gasteiger charge is -2.17. The molecule has 0 radical (unpaired) electrons. The van der Waals surface area contributed by atoms with Gasteiger partial charge < -0.3 is 24.5 Å². The predicted octanol–water partition coefficient (Wildman–Crippen LogP) is 2.93. The summed E-state index contributed by atoms with van der Waals surface area (Å²) in [7, 11) is 1.53. The SMILES string of the molecule is COc1ccc2ncc(F)c(CCN3C[C@H](CNCc4ccc5oc(=O)ccc5c4)[C@H](O)C3)c2n1.Cl. The van der Waals surface area contributed by atoms with Crippen LogP contribution < -0.4 is 15.7 Å². The molecule has 0 saturated carbocycles. The summed E-state index contributed by atoms with van der Waals surface area (Å²) in [6, 6.07) is 12.4. The summed E-state index contributed by atoms with van der Waals surface area (Å²) in [5, 5.41) is 14.9. The van der Waals surface area contributed by atoms with Crippen LogP contribution in [0.3, 0.4) is 0 Å². The molecule has 0 amide bonds. The van der Waals surface area contributed by atoms with E-state index in [-0.39, 0.29) is 29.8 Å². The van der Waals surface area contributed by atoms with Crippen LogP contribution in [-0.4, -0.2) is 59.4 Å². The van der Waals surface area contributed by atoms with E-state index in [9.17, 15) is 14.3 Å². The number of aliphatic hydroxyl groups excluding tert-OH is 1. The van der Waals surface area contributed by atoms with E-state index in [0.717, 1.165) is 17.5 Å². The maximum absolute atomic E-state index is 14.6. The minimum Gasteiger partial charge on any atom is -0.481 e. The van der Waals surface area contributed by atoms with E-state index in [1.165, 1.54) is 19.4 Å². The highest BCUT2D eigenvalue weighted by Gasteiger charge is 2.30. The van der Waals surface area contributed by atoms with Gasteiger partial charge in [-0.05, 0) is 36.2 Å². The fourth-order valence-electron chi connectivity index (χ4n) is 4.66. The van der Waals surface area contributed by atoms with Gasteiger partial charge in [0, 0.05) is 61.7 Å². The number of aliphatic hydroxyl groups is 1. The van der Waals surface area contributed by atoms with Crippen LogP contribution in [0.15, 0.2) is 57.9 Å². The smallest absolute Gasteiger partial charge is 0.336 e. The van der Waals surface area contributed by atoms with E-state index in [1.807, 2.05) is 12.1 Å². The zero-order valence-electron chi connectivity index (χ0n) is 19.8. The van der Waals surface area contributed by atoms with E-state index in [0.29, 0.717) is 60.7 Å². The molecule has 4 heterocycles. The van der Waals surface area contributed by atoms with Gasteiger partial charge in [-0.1, -0.05) is 6.07 Å². The Kier molecular flexibility index (Phi) is 8.15. The molecule has 190 valence electrons. The third-order valence-corrected chi connectivity index (χ3v) is 6.53. The van der Waals surface area contributed by atoms with Gasteiger partial charge in [-0.3, -0.25) is 4.98 Å². The molecule has 4 aromatic rings. The Hall–Kier alpha value is -3.11. The fourth-order valence-corrected chi connectivity index (χ4v) is 4.66. The maximum atomic E-state index is 14.6. The number of hydrogen-bond donors (Lipinski definition) is 2. The van der Waals surface area contributed by atoms with Crippen molar-refractivity contribution in [1.29, 1.82) is 0 Å². The second-order valence-corrected chi connectivity index (χ2v) is 8.90. The number of hydrogen-bond acceptors (Lipinski definition) is 8. The minimum atomic E-state index is -0.453. The number of halogens is 2. The van der Waals surface area contributed by atoms with Crippen molar-refractivity contribution in [3.8, 4) is 5.88 Å². The first kappa shape index (κ1) is 26.0. The number of benzene rings is 1. The van der Waals surface area contributed by atoms with Gasteiger partial charge >= 0.3 is 5.63 Å². The highest BCUT2D eigenvalue weighted by atomic mass is 35.5. The Bertz CT molecular complexity index is 1420. The Labute approximate surface area is 213 Å². The molecule has 8 nitrogen and oxygen atoms in total. The summed E-state index contributed by atoms with van der Waals surface area (Å²) in [6.45, 7) is 3.17. The highest BCUT2D eigenvalue weighted by molar-refractivity contribution is 5.85. The molecule has 2 atom stereocenters. The van der Waals surface area contributed by atoms with Crippen molar-refractivity contribution in [3.63, 3.8) is 0 Å². The van der Waals surface area contributed by atoms with Crippen LogP contribution >= 0.6 is 12.4 Å². The van der Waals surface area contributed by atoms with Gasteiger partial charge in [0.25, 0.3) is 0 Å². The topological polar surface area (TPSA) is 101 Å². The molecular weight excluding hydrogens is 487 g/mol.